The molecule has 6 N–H and O–H groups in total. The van der Waals surface area contributed by atoms with E-state index in [-0.39, 0.29) is 72.6 Å². The molecule has 16 nitrogen and oxygen atoms in total. The number of ether oxygens (including phenoxy) is 2. The molecule has 6 amide bonds. The molecular formula is C58H76N8O8S2. The van der Waals surface area contributed by atoms with E-state index in [2.05, 4.69) is 56.2 Å². The summed E-state index contributed by atoms with van der Waals surface area (Å²) in [5.41, 5.74) is 2.60. The van der Waals surface area contributed by atoms with Gasteiger partial charge in [-0.1, -0.05) is 113 Å². The standard InChI is InChI=1S/C58H76N8O8S2/c1-35(59-7)51(67)61-43-23-25-75-47-29-57(3,4)49(65(47)55(43)71)53(69)63-45(40-15-11-9-12-16-40)33-73-31-37-19-21-39-22-20-38(28-42(39)27-37)32-74-34-46(41-17-13-10-14-18-41)64-54(70)50-58(5,6)30-48-66(50)56(72)44(24-26-76-48)62-52(68)36(2)60-8/h9-22,27-28,35-36,43-50,59-60H,23-26,29-34H2,1-8H3,(H,61,67)(H,62,68)(H,63,69)(H,64,70)/t35-,36-,43-,44-,45+,46+,47-,48-,49+,50+/m0/s1. The second-order valence-electron chi connectivity index (χ2n) is 22.0. The van der Waals surface area contributed by atoms with E-state index in [1.54, 1.807) is 61.3 Å². The Balaban J connectivity index is 0.912. The van der Waals surface area contributed by atoms with E-state index in [0.717, 1.165) is 33.0 Å². The van der Waals surface area contributed by atoms with E-state index in [1.165, 1.54) is 0 Å². The number of hydrogen-bond donors (Lipinski definition) is 6. The maximum atomic E-state index is 14.6. The van der Waals surface area contributed by atoms with Gasteiger partial charge in [0.2, 0.25) is 35.4 Å². The molecule has 0 spiro atoms. The summed E-state index contributed by atoms with van der Waals surface area (Å²) in [4.78, 5) is 86.8. The third-order valence-electron chi connectivity index (χ3n) is 15.5. The average Bonchev–Trinajstić information content (AvgIpc) is 3.74. The third kappa shape index (κ3) is 13.1. The minimum absolute atomic E-state index is 0.182. The lowest BCUT2D eigenvalue weighted by Gasteiger charge is -2.35. The lowest BCUT2D eigenvalue weighted by molar-refractivity contribution is -0.144. The highest BCUT2D eigenvalue weighted by atomic mass is 32.2. The van der Waals surface area contributed by atoms with Gasteiger partial charge in [0.05, 0.1) is 61.3 Å². The molecule has 8 rings (SSSR count). The quantitative estimate of drug-likeness (QED) is 0.0609. The molecule has 4 aromatic carbocycles. The van der Waals surface area contributed by atoms with Gasteiger partial charge in [-0.2, -0.15) is 0 Å². The Labute approximate surface area is 456 Å². The van der Waals surface area contributed by atoms with Gasteiger partial charge in [-0.3, -0.25) is 28.8 Å². The van der Waals surface area contributed by atoms with Crippen LogP contribution in [0, 0.1) is 10.8 Å². The number of nitrogens with zero attached hydrogens (tertiary/aromatic N) is 2. The largest absolute Gasteiger partial charge is 0.374 e. The van der Waals surface area contributed by atoms with Gasteiger partial charge in [0.1, 0.15) is 24.2 Å². The van der Waals surface area contributed by atoms with Crippen molar-refractivity contribution < 1.29 is 38.2 Å². The summed E-state index contributed by atoms with van der Waals surface area (Å²) in [5.74, 6) is -0.129. The van der Waals surface area contributed by atoms with Gasteiger partial charge in [0.15, 0.2) is 0 Å². The molecule has 0 radical (unpaired) electrons. The van der Waals surface area contributed by atoms with Crippen molar-refractivity contribution >= 4 is 69.7 Å². The molecule has 0 aliphatic carbocycles. The first kappa shape index (κ1) is 56.7. The summed E-state index contributed by atoms with van der Waals surface area (Å²) in [6, 6.07) is 26.9. The zero-order valence-electron chi connectivity index (χ0n) is 45.1. The second kappa shape index (κ2) is 24.9. The molecule has 0 unspecified atom stereocenters. The van der Waals surface area contributed by atoms with Crippen LogP contribution in [0.5, 0.6) is 0 Å². The van der Waals surface area contributed by atoms with Crippen LogP contribution >= 0.6 is 23.5 Å². The van der Waals surface area contributed by atoms with E-state index in [1.807, 2.05) is 100 Å². The number of benzene rings is 4. The summed E-state index contributed by atoms with van der Waals surface area (Å²) in [5, 5.41) is 20.0. The predicted octanol–water partition coefficient (Wildman–Crippen LogP) is 5.95. The van der Waals surface area contributed by atoms with E-state index >= 15 is 0 Å². The molecule has 18 heteroatoms. The fraction of sp³-hybridized carbons (Fsp3) is 0.517. The maximum Gasteiger partial charge on any atom is 0.246 e. The van der Waals surface area contributed by atoms with Crippen LogP contribution in [0.4, 0.5) is 0 Å². The first-order valence-electron chi connectivity index (χ1n) is 26.6. The molecule has 0 bridgehead atoms. The molecule has 4 aliphatic rings. The van der Waals surface area contributed by atoms with Crippen molar-refractivity contribution in [1.29, 1.82) is 0 Å². The SMILES string of the molecule is CN[C@@H](C)C(=O)N[C@H]1CCS[C@H]2CC(C)(C)[C@@H](C(=O)N[C@H](COCc3ccc4ccc(COC[C@@H](NC(=O)[C@H]5N6C(=O)[C@@H](NC(=O)[C@H](C)NC)CCS[C@H]6CC5(C)C)c5ccccc5)cc4c3)c3ccccc3)N2C1=O. The van der Waals surface area contributed by atoms with Crippen LogP contribution in [0.25, 0.3) is 10.8 Å². The number of fused-ring (bicyclic) bond motifs is 3. The number of carbonyl (C=O) groups excluding carboxylic acids is 6. The number of carbonyl (C=O) groups is 6. The molecule has 4 heterocycles. The Bertz CT molecular complexity index is 2540. The summed E-state index contributed by atoms with van der Waals surface area (Å²) in [6.07, 6.45) is 2.27. The van der Waals surface area contributed by atoms with Crippen molar-refractivity contribution in [3.05, 3.63) is 119 Å². The van der Waals surface area contributed by atoms with Gasteiger partial charge in [0, 0.05) is 0 Å². The Morgan fingerprint density at radius 2 is 0.987 bits per heavy atom. The highest BCUT2D eigenvalue weighted by Crippen LogP contribution is 2.48. The van der Waals surface area contributed by atoms with Crippen molar-refractivity contribution in [3.63, 3.8) is 0 Å². The van der Waals surface area contributed by atoms with Crippen molar-refractivity contribution in [2.75, 3.05) is 38.8 Å². The molecule has 0 aromatic heterocycles. The lowest BCUT2D eigenvalue weighted by Crippen LogP contribution is -2.58. The highest BCUT2D eigenvalue weighted by Gasteiger charge is 2.56. The fourth-order valence-electron chi connectivity index (χ4n) is 11.0. The van der Waals surface area contributed by atoms with E-state index in [4.69, 9.17) is 9.47 Å². The summed E-state index contributed by atoms with van der Waals surface area (Å²) in [6.45, 7) is 12.5. The van der Waals surface area contributed by atoms with Gasteiger partial charge in [-0.05, 0) is 121 Å². The molecule has 408 valence electrons. The molecule has 4 fully saturated rings. The smallest absolute Gasteiger partial charge is 0.246 e. The molecule has 0 saturated carbocycles. The summed E-state index contributed by atoms with van der Waals surface area (Å²) in [7, 11) is 3.40. The highest BCUT2D eigenvalue weighted by molar-refractivity contribution is 8.00. The minimum Gasteiger partial charge on any atom is -0.374 e. The van der Waals surface area contributed by atoms with Crippen molar-refractivity contribution in [1.82, 2.24) is 41.7 Å². The first-order chi connectivity index (χ1) is 36.4. The zero-order valence-corrected chi connectivity index (χ0v) is 46.7. The van der Waals surface area contributed by atoms with Crippen LogP contribution in [-0.2, 0) is 51.5 Å². The fourth-order valence-corrected chi connectivity index (χ4v) is 14.1. The maximum absolute atomic E-state index is 14.6. The zero-order chi connectivity index (χ0) is 54.3. The summed E-state index contributed by atoms with van der Waals surface area (Å²) < 4.78 is 12.8. The second-order valence-corrected chi connectivity index (χ2v) is 24.6. The van der Waals surface area contributed by atoms with E-state index in [0.29, 0.717) is 37.2 Å². The minimum atomic E-state index is -0.754. The van der Waals surface area contributed by atoms with Gasteiger partial charge in [-0.25, -0.2) is 0 Å². The van der Waals surface area contributed by atoms with Crippen LogP contribution in [0.3, 0.4) is 0 Å². The summed E-state index contributed by atoms with van der Waals surface area (Å²) >= 11 is 3.32. The Kier molecular flexibility index (Phi) is 18.6. The molecular weight excluding hydrogens is 1000 g/mol. The predicted molar refractivity (Wildman–Crippen MR) is 299 cm³/mol. The van der Waals surface area contributed by atoms with Crippen molar-refractivity contribution in [2.45, 2.75) is 140 Å². The third-order valence-corrected chi connectivity index (χ3v) is 18.0. The topological polar surface area (TPSA) is 200 Å². The lowest BCUT2D eigenvalue weighted by atomic mass is 9.83. The Morgan fingerprint density at radius 3 is 1.37 bits per heavy atom. The monoisotopic (exact) mass is 1080 g/mol. The van der Waals surface area contributed by atoms with Gasteiger partial charge >= 0.3 is 0 Å². The normalized spacial score (nSPS) is 24.5. The van der Waals surface area contributed by atoms with Crippen LogP contribution in [0.1, 0.15) is 102 Å². The molecule has 4 saturated heterocycles. The van der Waals surface area contributed by atoms with Crippen molar-refractivity contribution in [2.24, 2.45) is 10.8 Å². The van der Waals surface area contributed by atoms with E-state index in [9.17, 15) is 28.8 Å². The number of hydrogen-bond acceptors (Lipinski definition) is 12. The number of thioether (sulfide) groups is 2. The first-order valence-corrected chi connectivity index (χ1v) is 28.7. The molecule has 4 aliphatic heterocycles. The molecule has 10 atom stereocenters. The van der Waals surface area contributed by atoms with Crippen LogP contribution in [0.2, 0.25) is 0 Å². The van der Waals surface area contributed by atoms with E-state index < -0.39 is 59.2 Å². The van der Waals surface area contributed by atoms with Crippen LogP contribution in [0.15, 0.2) is 97.1 Å². The van der Waals surface area contributed by atoms with Gasteiger partial charge in [-0.15, -0.1) is 23.5 Å². The van der Waals surface area contributed by atoms with Crippen molar-refractivity contribution in [3.8, 4) is 0 Å². The Morgan fingerprint density at radius 1 is 0.592 bits per heavy atom. The van der Waals surface area contributed by atoms with Crippen LogP contribution in [-0.4, -0.2) is 131 Å². The average molecular weight is 1080 g/mol. The van der Waals surface area contributed by atoms with Gasteiger partial charge < -0.3 is 51.2 Å². The van der Waals surface area contributed by atoms with Crippen LogP contribution < -0.4 is 31.9 Å². The number of amides is 6. The van der Waals surface area contributed by atoms with Gasteiger partial charge in [0.25, 0.3) is 0 Å². The molecule has 4 aromatic rings. The Hall–Kier alpha value is -5.50. The number of rotatable bonds is 20. The number of nitrogens with one attached hydrogen (secondary N) is 6. The molecule has 76 heavy (non-hydrogen) atoms. The number of likely N-dealkylation sites (N-methyl/N-ethyl adjacent to an activating group) is 2.